The van der Waals surface area contributed by atoms with Gasteiger partial charge in [-0.25, -0.2) is 0 Å². The lowest BCUT2D eigenvalue weighted by atomic mass is 9.99. The van der Waals surface area contributed by atoms with Crippen LogP contribution in [0.25, 0.3) is 0 Å². The van der Waals surface area contributed by atoms with Gasteiger partial charge in [0.05, 0.1) is 13.2 Å². The van der Waals surface area contributed by atoms with Crippen molar-refractivity contribution in [3.63, 3.8) is 0 Å². The van der Waals surface area contributed by atoms with Gasteiger partial charge in [-0.2, -0.15) is 17.0 Å². The van der Waals surface area contributed by atoms with Crippen LogP contribution in [0.15, 0.2) is 0 Å². The summed E-state index contributed by atoms with van der Waals surface area (Å²) in [6.45, 7) is 2.98. The van der Waals surface area contributed by atoms with E-state index in [0.29, 0.717) is 51.2 Å². The minimum absolute atomic E-state index is 0.00770. The second-order valence-electron chi connectivity index (χ2n) is 5.50. The van der Waals surface area contributed by atoms with Gasteiger partial charge in [0.25, 0.3) is 10.2 Å². The maximum absolute atomic E-state index is 12.5. The van der Waals surface area contributed by atoms with Crippen molar-refractivity contribution in [2.45, 2.75) is 18.9 Å². The van der Waals surface area contributed by atoms with E-state index >= 15 is 0 Å². The molecule has 0 spiro atoms. The molecule has 0 aromatic rings. The van der Waals surface area contributed by atoms with Crippen LogP contribution in [-0.4, -0.2) is 62.5 Å². The third-order valence-electron chi connectivity index (χ3n) is 4.23. The number of nitrogens with zero attached hydrogens (tertiary/aromatic N) is 2. The van der Waals surface area contributed by atoms with Crippen LogP contribution >= 0.6 is 0 Å². The Kier molecular flexibility index (Phi) is 3.36. The highest BCUT2D eigenvalue weighted by Gasteiger charge is 2.45. The average molecular weight is 275 g/mol. The van der Waals surface area contributed by atoms with Crippen LogP contribution in [0.2, 0.25) is 0 Å². The van der Waals surface area contributed by atoms with Crippen LogP contribution in [0.1, 0.15) is 12.8 Å². The van der Waals surface area contributed by atoms with Gasteiger partial charge in [0.2, 0.25) is 0 Å². The summed E-state index contributed by atoms with van der Waals surface area (Å²) in [7, 11) is -3.33. The fourth-order valence-corrected chi connectivity index (χ4v) is 4.63. The van der Waals surface area contributed by atoms with E-state index in [2.05, 4.69) is 0 Å². The van der Waals surface area contributed by atoms with E-state index in [0.717, 1.165) is 0 Å². The summed E-state index contributed by atoms with van der Waals surface area (Å²) >= 11 is 0. The summed E-state index contributed by atoms with van der Waals surface area (Å²) in [5.74, 6) is 1.02. The molecule has 7 heteroatoms. The number of hydrogen-bond acceptors (Lipinski definition) is 4. The third kappa shape index (κ3) is 2.30. The lowest BCUT2D eigenvalue weighted by Gasteiger charge is -2.30. The zero-order valence-corrected chi connectivity index (χ0v) is 11.3. The Morgan fingerprint density at radius 1 is 1.06 bits per heavy atom. The van der Waals surface area contributed by atoms with Crippen LogP contribution in [0.5, 0.6) is 0 Å². The van der Waals surface area contributed by atoms with E-state index in [4.69, 9.17) is 10.5 Å². The molecule has 3 rings (SSSR count). The van der Waals surface area contributed by atoms with Gasteiger partial charge in [-0.05, 0) is 24.7 Å². The SMILES string of the molecule is N[C@@H]1CN(S(=O)(=O)N2CCOCC2)C[C@H]1C1CC1. The minimum Gasteiger partial charge on any atom is -0.379 e. The number of morpholine rings is 1. The van der Waals surface area contributed by atoms with Gasteiger partial charge >= 0.3 is 0 Å². The molecule has 3 fully saturated rings. The van der Waals surface area contributed by atoms with Crippen molar-refractivity contribution < 1.29 is 13.2 Å². The van der Waals surface area contributed by atoms with Gasteiger partial charge < -0.3 is 10.5 Å². The predicted octanol–water partition coefficient (Wildman–Crippen LogP) is -0.767. The fraction of sp³-hybridized carbons (Fsp3) is 1.00. The van der Waals surface area contributed by atoms with Gasteiger partial charge in [0, 0.05) is 32.2 Å². The summed E-state index contributed by atoms with van der Waals surface area (Å²) < 4.78 is 33.2. The maximum atomic E-state index is 12.5. The van der Waals surface area contributed by atoms with Crippen LogP contribution in [-0.2, 0) is 14.9 Å². The van der Waals surface area contributed by atoms with Crippen molar-refractivity contribution in [2.75, 3.05) is 39.4 Å². The molecule has 0 unspecified atom stereocenters. The largest absolute Gasteiger partial charge is 0.379 e. The highest BCUT2D eigenvalue weighted by Crippen LogP contribution is 2.41. The Bertz CT molecular complexity index is 404. The molecular weight excluding hydrogens is 254 g/mol. The second-order valence-corrected chi connectivity index (χ2v) is 7.43. The van der Waals surface area contributed by atoms with E-state index in [1.807, 2.05) is 0 Å². The molecular formula is C11H21N3O3S. The first kappa shape index (κ1) is 12.8. The van der Waals surface area contributed by atoms with Gasteiger partial charge in [0.1, 0.15) is 0 Å². The molecule has 0 aromatic carbocycles. The first-order valence-corrected chi connectivity index (χ1v) is 8.07. The van der Waals surface area contributed by atoms with E-state index in [-0.39, 0.29) is 6.04 Å². The maximum Gasteiger partial charge on any atom is 0.282 e. The molecule has 0 aromatic heterocycles. The number of hydrogen-bond donors (Lipinski definition) is 1. The zero-order chi connectivity index (χ0) is 12.8. The molecule has 2 saturated heterocycles. The smallest absolute Gasteiger partial charge is 0.282 e. The standard InChI is InChI=1S/C11H21N3O3S/c12-11-8-14(7-10(11)9-1-2-9)18(15,16)13-3-5-17-6-4-13/h9-11H,1-8,12H2/t10-,11+/m0/s1. The highest BCUT2D eigenvalue weighted by atomic mass is 32.2. The number of ether oxygens (including phenoxy) is 1. The van der Waals surface area contributed by atoms with Gasteiger partial charge in [-0.1, -0.05) is 0 Å². The molecule has 6 nitrogen and oxygen atoms in total. The second kappa shape index (κ2) is 4.72. The molecule has 0 amide bonds. The van der Waals surface area contributed by atoms with Crippen molar-refractivity contribution in [1.82, 2.24) is 8.61 Å². The van der Waals surface area contributed by atoms with E-state index in [1.54, 1.807) is 4.31 Å². The topological polar surface area (TPSA) is 75.9 Å². The molecule has 0 radical (unpaired) electrons. The molecule has 18 heavy (non-hydrogen) atoms. The van der Waals surface area contributed by atoms with Gasteiger partial charge in [0.15, 0.2) is 0 Å². The summed E-state index contributed by atoms with van der Waals surface area (Å²) in [5, 5.41) is 0. The minimum atomic E-state index is -3.33. The first-order valence-electron chi connectivity index (χ1n) is 6.67. The summed E-state index contributed by atoms with van der Waals surface area (Å²) in [5.41, 5.74) is 6.09. The van der Waals surface area contributed by atoms with Crippen molar-refractivity contribution in [3.05, 3.63) is 0 Å². The molecule has 2 heterocycles. The van der Waals surface area contributed by atoms with E-state index in [1.165, 1.54) is 17.1 Å². The van der Waals surface area contributed by atoms with E-state index in [9.17, 15) is 8.42 Å². The molecule has 0 bridgehead atoms. The van der Waals surface area contributed by atoms with Gasteiger partial charge in [-0.3, -0.25) is 0 Å². The van der Waals surface area contributed by atoms with Gasteiger partial charge in [-0.15, -0.1) is 0 Å². The number of nitrogens with two attached hydrogens (primary N) is 1. The monoisotopic (exact) mass is 275 g/mol. The number of rotatable bonds is 3. The van der Waals surface area contributed by atoms with Crippen LogP contribution in [0, 0.1) is 11.8 Å². The Morgan fingerprint density at radius 2 is 1.72 bits per heavy atom. The van der Waals surface area contributed by atoms with Crippen molar-refractivity contribution in [2.24, 2.45) is 17.6 Å². The lowest BCUT2D eigenvalue weighted by molar-refractivity contribution is 0.0705. The van der Waals surface area contributed by atoms with Crippen LogP contribution in [0.3, 0.4) is 0 Å². The van der Waals surface area contributed by atoms with Crippen LogP contribution in [0.4, 0.5) is 0 Å². The first-order chi connectivity index (χ1) is 8.59. The molecule has 1 aliphatic carbocycles. The molecule has 3 aliphatic rings. The molecule has 2 atom stereocenters. The Morgan fingerprint density at radius 3 is 2.33 bits per heavy atom. The summed E-state index contributed by atoms with van der Waals surface area (Å²) in [6.07, 6.45) is 2.42. The summed E-state index contributed by atoms with van der Waals surface area (Å²) in [4.78, 5) is 0. The summed E-state index contributed by atoms with van der Waals surface area (Å²) in [6, 6.07) is 0.00770. The van der Waals surface area contributed by atoms with Crippen molar-refractivity contribution >= 4 is 10.2 Å². The molecule has 2 aliphatic heterocycles. The normalized spacial score (nSPS) is 36.1. The Hall–Kier alpha value is -0.210. The molecule has 1 saturated carbocycles. The quantitative estimate of drug-likeness (QED) is 0.734. The average Bonchev–Trinajstić information content (AvgIpc) is 3.13. The third-order valence-corrected chi connectivity index (χ3v) is 6.20. The van der Waals surface area contributed by atoms with E-state index < -0.39 is 10.2 Å². The Balaban J connectivity index is 1.69. The molecule has 2 N–H and O–H groups in total. The molecule has 104 valence electrons. The Labute approximate surface area is 108 Å². The highest BCUT2D eigenvalue weighted by molar-refractivity contribution is 7.86. The van der Waals surface area contributed by atoms with Crippen molar-refractivity contribution in [1.29, 1.82) is 0 Å². The lowest BCUT2D eigenvalue weighted by Crippen LogP contribution is -2.48. The van der Waals surface area contributed by atoms with Crippen LogP contribution < -0.4 is 5.73 Å². The predicted molar refractivity (Wildman–Crippen MR) is 67.1 cm³/mol. The van der Waals surface area contributed by atoms with Crippen molar-refractivity contribution in [3.8, 4) is 0 Å². The zero-order valence-electron chi connectivity index (χ0n) is 10.5. The fourth-order valence-electron chi connectivity index (χ4n) is 2.97.